The van der Waals surface area contributed by atoms with Crippen LogP contribution in [0.3, 0.4) is 0 Å². The topological polar surface area (TPSA) is 49.0 Å². The van der Waals surface area contributed by atoms with Crippen molar-refractivity contribution in [3.8, 4) is 5.69 Å². The molecule has 0 saturated carbocycles. The molecule has 0 amide bonds. The highest BCUT2D eigenvalue weighted by atomic mass is 32.1. The van der Waals surface area contributed by atoms with E-state index in [-0.39, 0.29) is 12.6 Å². The molecule has 0 aliphatic carbocycles. The smallest absolute Gasteiger partial charge is 0.340 e. The molecule has 0 bridgehead atoms. The van der Waals surface area contributed by atoms with E-state index in [1.165, 1.54) is 0 Å². The maximum absolute atomic E-state index is 12.9. The molecule has 0 atom stereocenters. The molecule has 28 heavy (non-hydrogen) atoms. The number of imidazole rings is 1. The Morgan fingerprint density at radius 3 is 2.68 bits per heavy atom. The molecule has 0 saturated heterocycles. The number of carbonyl (C=O) groups excluding carboxylic acids is 1. The average Bonchev–Trinajstić information content (AvgIpc) is 2.98. The van der Waals surface area contributed by atoms with Crippen molar-refractivity contribution in [3.63, 3.8) is 0 Å². The quantitative estimate of drug-likeness (QED) is 0.373. The standard InChI is InChI=1S/C22H19N3O2S/c1-15-8-9-18(25-20-13-23-11-10-19(20)24(2)22(25)28)17(12-15)21(26)27-14-16-6-4-3-5-7-16/h3-13H,14H2,1-2H3. The van der Waals surface area contributed by atoms with Gasteiger partial charge in [0.25, 0.3) is 0 Å². The Labute approximate surface area is 167 Å². The number of ether oxygens (including phenoxy) is 1. The van der Waals surface area contributed by atoms with Gasteiger partial charge in [-0.25, -0.2) is 4.79 Å². The van der Waals surface area contributed by atoms with Gasteiger partial charge < -0.3 is 9.30 Å². The number of fused-ring (bicyclic) bond motifs is 1. The van der Waals surface area contributed by atoms with Gasteiger partial charge in [-0.15, -0.1) is 0 Å². The Bertz CT molecular complexity index is 1230. The summed E-state index contributed by atoms with van der Waals surface area (Å²) in [5, 5.41) is 0. The van der Waals surface area contributed by atoms with E-state index in [0.29, 0.717) is 16.0 Å². The molecule has 2 heterocycles. The van der Waals surface area contributed by atoms with Gasteiger partial charge in [0.2, 0.25) is 0 Å². The Morgan fingerprint density at radius 2 is 1.89 bits per heavy atom. The fourth-order valence-corrected chi connectivity index (χ4v) is 3.53. The van der Waals surface area contributed by atoms with Crippen LogP contribution in [0.4, 0.5) is 0 Å². The summed E-state index contributed by atoms with van der Waals surface area (Å²) in [6.45, 7) is 2.16. The Morgan fingerprint density at radius 1 is 1.11 bits per heavy atom. The second kappa shape index (κ2) is 7.40. The lowest BCUT2D eigenvalue weighted by atomic mass is 10.1. The molecule has 140 valence electrons. The van der Waals surface area contributed by atoms with Crippen LogP contribution < -0.4 is 0 Å². The van der Waals surface area contributed by atoms with Gasteiger partial charge >= 0.3 is 5.97 Å². The average molecular weight is 389 g/mol. The third-order valence-corrected chi connectivity index (χ3v) is 5.14. The Balaban J connectivity index is 1.79. The van der Waals surface area contributed by atoms with Crippen LogP contribution in [0, 0.1) is 11.7 Å². The number of nitrogens with zero attached hydrogens (tertiary/aromatic N) is 3. The molecular formula is C22H19N3O2S. The van der Waals surface area contributed by atoms with Crippen LogP contribution >= 0.6 is 12.2 Å². The lowest BCUT2D eigenvalue weighted by molar-refractivity contribution is 0.0472. The maximum atomic E-state index is 12.9. The lowest BCUT2D eigenvalue weighted by Gasteiger charge is -2.12. The van der Waals surface area contributed by atoms with Crippen molar-refractivity contribution in [2.45, 2.75) is 13.5 Å². The number of aromatic nitrogens is 3. The second-order valence-electron chi connectivity index (χ2n) is 6.62. The van der Waals surface area contributed by atoms with Crippen LogP contribution in [0.25, 0.3) is 16.7 Å². The molecule has 0 spiro atoms. The molecule has 2 aromatic carbocycles. The summed E-state index contributed by atoms with van der Waals surface area (Å²) in [5.74, 6) is -0.384. The molecule has 5 nitrogen and oxygen atoms in total. The van der Waals surface area contributed by atoms with Gasteiger partial charge in [0.05, 0.1) is 28.5 Å². The predicted octanol–water partition coefficient (Wildman–Crippen LogP) is 4.76. The first-order chi connectivity index (χ1) is 13.6. The van der Waals surface area contributed by atoms with Crippen molar-refractivity contribution in [1.29, 1.82) is 0 Å². The summed E-state index contributed by atoms with van der Waals surface area (Å²) in [4.78, 5) is 17.2. The number of pyridine rings is 1. The van der Waals surface area contributed by atoms with Gasteiger partial charge in [-0.05, 0) is 42.9 Å². The molecule has 0 aliphatic rings. The molecule has 0 unspecified atom stereocenters. The number of hydrogen-bond donors (Lipinski definition) is 0. The summed E-state index contributed by atoms with van der Waals surface area (Å²) >= 11 is 5.64. The van der Waals surface area contributed by atoms with Crippen LogP contribution in [-0.2, 0) is 18.4 Å². The molecule has 6 heteroatoms. The van der Waals surface area contributed by atoms with Crippen molar-refractivity contribution in [3.05, 3.63) is 88.5 Å². The van der Waals surface area contributed by atoms with E-state index in [9.17, 15) is 4.79 Å². The molecule has 0 radical (unpaired) electrons. The Kier molecular flexibility index (Phi) is 4.79. The fourth-order valence-electron chi connectivity index (χ4n) is 3.23. The number of benzene rings is 2. The zero-order chi connectivity index (χ0) is 19.7. The second-order valence-corrected chi connectivity index (χ2v) is 6.99. The van der Waals surface area contributed by atoms with Crippen LogP contribution in [0.2, 0.25) is 0 Å². The molecule has 0 N–H and O–H groups in total. The van der Waals surface area contributed by atoms with E-state index < -0.39 is 0 Å². The monoisotopic (exact) mass is 389 g/mol. The molecular weight excluding hydrogens is 370 g/mol. The Hall–Kier alpha value is -3.25. The van der Waals surface area contributed by atoms with Gasteiger partial charge in [-0.1, -0.05) is 42.0 Å². The normalized spacial score (nSPS) is 10.9. The van der Waals surface area contributed by atoms with Crippen LogP contribution in [0.1, 0.15) is 21.5 Å². The van der Waals surface area contributed by atoms with Crippen molar-refractivity contribution < 1.29 is 9.53 Å². The van der Waals surface area contributed by atoms with Crippen LogP contribution in [-0.4, -0.2) is 20.1 Å². The van der Waals surface area contributed by atoms with Crippen LogP contribution in [0.5, 0.6) is 0 Å². The first-order valence-electron chi connectivity index (χ1n) is 8.90. The van der Waals surface area contributed by atoms with Gasteiger partial charge in [-0.2, -0.15) is 0 Å². The summed E-state index contributed by atoms with van der Waals surface area (Å²) in [6, 6.07) is 17.2. The highest BCUT2D eigenvalue weighted by Crippen LogP contribution is 2.25. The van der Waals surface area contributed by atoms with Crippen molar-refractivity contribution in [2.75, 3.05) is 0 Å². The summed E-state index contributed by atoms with van der Waals surface area (Å²) < 4.78 is 9.95. The first kappa shape index (κ1) is 18.1. The zero-order valence-electron chi connectivity index (χ0n) is 15.6. The number of rotatable bonds is 4. The van der Waals surface area contributed by atoms with Gasteiger partial charge in [-0.3, -0.25) is 9.55 Å². The number of esters is 1. The highest BCUT2D eigenvalue weighted by molar-refractivity contribution is 7.71. The lowest BCUT2D eigenvalue weighted by Crippen LogP contribution is -2.11. The fraction of sp³-hybridized carbons (Fsp3) is 0.136. The molecule has 4 aromatic rings. The minimum absolute atomic E-state index is 0.218. The molecule has 0 aliphatic heterocycles. The van der Waals surface area contributed by atoms with E-state index in [0.717, 1.165) is 22.2 Å². The summed E-state index contributed by atoms with van der Waals surface area (Å²) in [7, 11) is 1.91. The first-order valence-corrected chi connectivity index (χ1v) is 9.30. The predicted molar refractivity (Wildman–Crippen MR) is 111 cm³/mol. The number of carbonyl (C=O) groups is 1. The van der Waals surface area contributed by atoms with Crippen molar-refractivity contribution in [1.82, 2.24) is 14.1 Å². The number of aryl methyl sites for hydroxylation is 2. The third-order valence-electron chi connectivity index (χ3n) is 4.68. The third kappa shape index (κ3) is 3.23. The van der Waals surface area contributed by atoms with Crippen molar-refractivity contribution in [2.24, 2.45) is 7.05 Å². The largest absolute Gasteiger partial charge is 0.457 e. The van der Waals surface area contributed by atoms with E-state index in [1.807, 2.05) is 77.7 Å². The number of hydrogen-bond acceptors (Lipinski definition) is 4. The van der Waals surface area contributed by atoms with Crippen molar-refractivity contribution >= 4 is 29.2 Å². The minimum Gasteiger partial charge on any atom is -0.457 e. The minimum atomic E-state index is -0.384. The van der Waals surface area contributed by atoms with Gasteiger partial charge in [0.15, 0.2) is 4.77 Å². The maximum Gasteiger partial charge on any atom is 0.340 e. The summed E-state index contributed by atoms with van der Waals surface area (Å²) in [5.41, 5.74) is 4.87. The molecule has 4 rings (SSSR count). The van der Waals surface area contributed by atoms with E-state index in [1.54, 1.807) is 12.4 Å². The highest BCUT2D eigenvalue weighted by Gasteiger charge is 2.18. The van der Waals surface area contributed by atoms with E-state index >= 15 is 0 Å². The SMILES string of the molecule is Cc1ccc(-n2c(=S)n(C)c3ccncc32)c(C(=O)OCc2ccccc2)c1. The summed E-state index contributed by atoms with van der Waals surface area (Å²) in [6.07, 6.45) is 3.48. The van der Waals surface area contributed by atoms with Gasteiger partial charge in [0.1, 0.15) is 6.61 Å². The van der Waals surface area contributed by atoms with Crippen LogP contribution in [0.15, 0.2) is 67.0 Å². The molecule has 0 fully saturated rings. The van der Waals surface area contributed by atoms with E-state index in [2.05, 4.69) is 4.98 Å². The van der Waals surface area contributed by atoms with E-state index in [4.69, 9.17) is 17.0 Å². The zero-order valence-corrected chi connectivity index (χ0v) is 16.4. The molecule has 2 aromatic heterocycles. The van der Waals surface area contributed by atoms with Gasteiger partial charge in [0, 0.05) is 13.2 Å².